The van der Waals surface area contributed by atoms with Gasteiger partial charge in [-0.3, -0.25) is 0 Å². The second-order valence-electron chi connectivity index (χ2n) is 3.59. The second kappa shape index (κ2) is 9.02. The van der Waals surface area contributed by atoms with Gasteiger partial charge in [-0.15, -0.1) is 0 Å². The molecular formula is C15H25N. The summed E-state index contributed by atoms with van der Waals surface area (Å²) in [7, 11) is 0. The Morgan fingerprint density at radius 1 is 1.19 bits per heavy atom. The molecule has 1 aromatic heterocycles. The Balaban J connectivity index is 0.000000385. The summed E-state index contributed by atoms with van der Waals surface area (Å²) in [6.07, 6.45) is 11.2. The van der Waals surface area contributed by atoms with E-state index in [2.05, 4.69) is 38.5 Å². The fraction of sp³-hybridized carbons (Fsp3) is 0.467. The topological polar surface area (TPSA) is 15.8 Å². The van der Waals surface area contributed by atoms with E-state index in [1.165, 1.54) is 16.8 Å². The zero-order chi connectivity index (χ0) is 12.4. The van der Waals surface area contributed by atoms with Crippen molar-refractivity contribution in [1.82, 2.24) is 4.98 Å². The largest absolute Gasteiger partial charge is 0.364 e. The Labute approximate surface area is 100 Å². The maximum atomic E-state index is 3.46. The lowest BCUT2D eigenvalue weighted by atomic mass is 10.1. The first-order valence-electron chi connectivity index (χ1n) is 6.16. The first-order valence-corrected chi connectivity index (χ1v) is 6.16. The van der Waals surface area contributed by atoms with Crippen molar-refractivity contribution in [1.29, 1.82) is 0 Å². The molecule has 0 saturated heterocycles. The smallest absolute Gasteiger partial charge is 0.0179 e. The predicted molar refractivity (Wildman–Crippen MR) is 73.9 cm³/mol. The number of aromatic amines is 1. The van der Waals surface area contributed by atoms with E-state index in [1.54, 1.807) is 6.08 Å². The van der Waals surface area contributed by atoms with Gasteiger partial charge in [0, 0.05) is 11.9 Å². The Bertz CT molecular complexity index is 297. The minimum atomic E-state index is 1.13. The van der Waals surface area contributed by atoms with E-state index >= 15 is 0 Å². The summed E-state index contributed by atoms with van der Waals surface area (Å²) in [5.41, 5.74) is 4.45. The van der Waals surface area contributed by atoms with Crippen molar-refractivity contribution in [3.05, 3.63) is 47.8 Å². The van der Waals surface area contributed by atoms with Crippen LogP contribution < -0.4 is 0 Å². The third kappa shape index (κ3) is 4.52. The summed E-state index contributed by atoms with van der Waals surface area (Å²) in [6.45, 7) is 12.1. The van der Waals surface area contributed by atoms with Crippen molar-refractivity contribution in [3.8, 4) is 0 Å². The van der Waals surface area contributed by atoms with Gasteiger partial charge in [-0.2, -0.15) is 0 Å². The van der Waals surface area contributed by atoms with Crippen LogP contribution in [-0.2, 0) is 19.3 Å². The number of aromatic nitrogens is 1. The molecule has 1 rings (SSSR count). The van der Waals surface area contributed by atoms with Gasteiger partial charge in [0.05, 0.1) is 0 Å². The molecule has 0 atom stereocenters. The summed E-state index contributed by atoms with van der Waals surface area (Å²) in [5.74, 6) is 0. The van der Waals surface area contributed by atoms with Gasteiger partial charge >= 0.3 is 0 Å². The average molecular weight is 219 g/mol. The molecule has 16 heavy (non-hydrogen) atoms. The Morgan fingerprint density at radius 2 is 1.88 bits per heavy atom. The standard InChI is InChI=1S/C10H17N.C5H8/c1-4-8-7-11-10(6-3)9(8)5-2;1-3-5-4-2/h7,11H,4-6H2,1-3H3;3-5H,1H2,2H3. The molecule has 1 N–H and O–H groups in total. The van der Waals surface area contributed by atoms with Crippen LogP contribution in [0.5, 0.6) is 0 Å². The molecule has 0 fully saturated rings. The number of nitrogens with one attached hydrogen (secondary N) is 1. The van der Waals surface area contributed by atoms with Gasteiger partial charge in [0.15, 0.2) is 0 Å². The molecule has 1 aromatic rings. The molecule has 0 aromatic carbocycles. The van der Waals surface area contributed by atoms with Crippen molar-refractivity contribution in [2.45, 2.75) is 47.0 Å². The van der Waals surface area contributed by atoms with Crippen LogP contribution in [0.1, 0.15) is 44.5 Å². The first-order chi connectivity index (χ1) is 7.74. The highest BCUT2D eigenvalue weighted by Crippen LogP contribution is 2.15. The van der Waals surface area contributed by atoms with E-state index in [9.17, 15) is 0 Å². The van der Waals surface area contributed by atoms with Crippen LogP contribution in [0.2, 0.25) is 0 Å². The van der Waals surface area contributed by atoms with Crippen LogP contribution in [0.4, 0.5) is 0 Å². The van der Waals surface area contributed by atoms with Crippen LogP contribution in [0.25, 0.3) is 0 Å². The predicted octanol–water partition coefficient (Wildman–Crippen LogP) is 4.45. The number of hydrogen-bond donors (Lipinski definition) is 1. The molecule has 0 aliphatic rings. The number of aryl methyl sites for hydroxylation is 2. The fourth-order valence-electron chi connectivity index (χ4n) is 1.75. The quantitative estimate of drug-likeness (QED) is 0.720. The van der Waals surface area contributed by atoms with Gasteiger partial charge < -0.3 is 4.98 Å². The fourth-order valence-corrected chi connectivity index (χ4v) is 1.75. The van der Waals surface area contributed by atoms with Gasteiger partial charge in [-0.05, 0) is 37.3 Å². The molecule has 0 radical (unpaired) electrons. The monoisotopic (exact) mass is 219 g/mol. The number of rotatable bonds is 4. The third-order valence-corrected chi connectivity index (χ3v) is 2.59. The van der Waals surface area contributed by atoms with Crippen LogP contribution in [0.3, 0.4) is 0 Å². The van der Waals surface area contributed by atoms with Gasteiger partial charge in [-0.1, -0.05) is 45.6 Å². The van der Waals surface area contributed by atoms with Gasteiger partial charge in [-0.25, -0.2) is 0 Å². The molecule has 90 valence electrons. The highest BCUT2D eigenvalue weighted by atomic mass is 14.7. The summed E-state index contributed by atoms with van der Waals surface area (Å²) in [6, 6.07) is 0. The zero-order valence-corrected chi connectivity index (χ0v) is 11.1. The molecule has 0 spiro atoms. The van der Waals surface area contributed by atoms with E-state index in [4.69, 9.17) is 0 Å². The highest BCUT2D eigenvalue weighted by Gasteiger charge is 2.04. The molecule has 1 heterocycles. The van der Waals surface area contributed by atoms with Gasteiger partial charge in [0.2, 0.25) is 0 Å². The normalized spacial score (nSPS) is 10.0. The van der Waals surface area contributed by atoms with E-state index in [-0.39, 0.29) is 0 Å². The van der Waals surface area contributed by atoms with Crippen molar-refractivity contribution >= 4 is 0 Å². The second-order valence-corrected chi connectivity index (χ2v) is 3.59. The van der Waals surface area contributed by atoms with Crippen LogP contribution in [-0.4, -0.2) is 4.98 Å². The molecular weight excluding hydrogens is 194 g/mol. The summed E-state index contributed by atoms with van der Waals surface area (Å²) in [5, 5.41) is 0. The van der Waals surface area contributed by atoms with Crippen LogP contribution in [0, 0.1) is 0 Å². The van der Waals surface area contributed by atoms with Crippen molar-refractivity contribution < 1.29 is 0 Å². The molecule has 0 aliphatic carbocycles. The number of hydrogen-bond acceptors (Lipinski definition) is 0. The maximum absolute atomic E-state index is 3.46. The van der Waals surface area contributed by atoms with Gasteiger partial charge in [0.25, 0.3) is 0 Å². The molecule has 0 bridgehead atoms. The van der Waals surface area contributed by atoms with E-state index in [0.29, 0.717) is 0 Å². The Kier molecular flexibility index (Phi) is 8.32. The average Bonchev–Trinajstić information content (AvgIpc) is 2.72. The van der Waals surface area contributed by atoms with Crippen LogP contribution in [0.15, 0.2) is 31.0 Å². The Hall–Kier alpha value is -1.24. The van der Waals surface area contributed by atoms with Crippen molar-refractivity contribution in [2.24, 2.45) is 0 Å². The zero-order valence-electron chi connectivity index (χ0n) is 11.1. The minimum Gasteiger partial charge on any atom is -0.364 e. The summed E-state index contributed by atoms with van der Waals surface area (Å²) >= 11 is 0. The highest BCUT2D eigenvalue weighted by molar-refractivity contribution is 5.30. The lowest BCUT2D eigenvalue weighted by molar-refractivity contribution is 0.985. The van der Waals surface area contributed by atoms with Crippen molar-refractivity contribution in [2.75, 3.05) is 0 Å². The molecule has 0 unspecified atom stereocenters. The molecule has 0 saturated carbocycles. The summed E-state index contributed by atoms with van der Waals surface area (Å²) in [4.78, 5) is 3.33. The minimum absolute atomic E-state index is 1.13. The number of allylic oxidation sites excluding steroid dienone is 3. The maximum Gasteiger partial charge on any atom is 0.0179 e. The van der Waals surface area contributed by atoms with E-state index < -0.39 is 0 Å². The SMILES string of the molecule is C=CC=CC.CCc1c[nH]c(CC)c1CC. The number of H-pyrrole nitrogens is 1. The lowest BCUT2D eigenvalue weighted by Crippen LogP contribution is -1.90. The summed E-state index contributed by atoms with van der Waals surface area (Å²) < 4.78 is 0. The third-order valence-electron chi connectivity index (χ3n) is 2.59. The first kappa shape index (κ1) is 14.8. The van der Waals surface area contributed by atoms with Crippen molar-refractivity contribution in [3.63, 3.8) is 0 Å². The molecule has 0 amide bonds. The van der Waals surface area contributed by atoms with Gasteiger partial charge in [0.1, 0.15) is 0 Å². The molecule has 0 aliphatic heterocycles. The molecule has 1 nitrogen and oxygen atoms in total. The lowest BCUT2D eigenvalue weighted by Gasteiger charge is -1.99. The Morgan fingerprint density at radius 3 is 2.19 bits per heavy atom. The van der Waals surface area contributed by atoms with E-state index in [0.717, 1.165) is 19.3 Å². The van der Waals surface area contributed by atoms with E-state index in [1.807, 2.05) is 19.1 Å². The molecule has 1 heteroatoms. The van der Waals surface area contributed by atoms with Crippen LogP contribution >= 0.6 is 0 Å².